The lowest BCUT2D eigenvalue weighted by Gasteiger charge is -2.10. The van der Waals surface area contributed by atoms with Crippen molar-refractivity contribution < 1.29 is 4.79 Å². The number of anilines is 1. The van der Waals surface area contributed by atoms with Crippen molar-refractivity contribution in [2.45, 2.75) is 32.6 Å². The van der Waals surface area contributed by atoms with E-state index in [1.165, 1.54) is 18.6 Å². The first-order valence-corrected chi connectivity index (χ1v) is 8.43. The molecule has 20 heavy (non-hydrogen) atoms. The van der Waals surface area contributed by atoms with Crippen molar-refractivity contribution in [2.75, 3.05) is 24.0 Å². The average molecular weight is 295 g/mol. The molecule has 0 saturated carbocycles. The van der Waals surface area contributed by atoms with E-state index >= 15 is 0 Å². The quantitative estimate of drug-likeness (QED) is 0.372. The van der Waals surface area contributed by atoms with Gasteiger partial charge in [-0.15, -0.1) is 0 Å². The summed E-state index contributed by atoms with van der Waals surface area (Å²) in [5.41, 5.74) is 4.92. The maximum absolute atomic E-state index is 12.1. The first-order chi connectivity index (χ1) is 9.69. The molecule has 0 fully saturated rings. The highest BCUT2D eigenvalue weighted by Gasteiger charge is 2.10. The maximum atomic E-state index is 12.1. The third-order valence-corrected chi connectivity index (χ3v) is 3.83. The second kappa shape index (κ2) is 9.66. The van der Waals surface area contributed by atoms with Gasteiger partial charge >= 0.3 is 0 Å². The van der Waals surface area contributed by atoms with Crippen molar-refractivity contribution in [1.29, 1.82) is 0 Å². The summed E-state index contributed by atoms with van der Waals surface area (Å²) < 4.78 is 0. The summed E-state index contributed by atoms with van der Waals surface area (Å²) in [5, 5.41) is 2.94. The number of hydrogen-bond acceptors (Lipinski definition) is 4. The van der Waals surface area contributed by atoms with E-state index in [-0.39, 0.29) is 5.91 Å². The van der Waals surface area contributed by atoms with E-state index in [1.807, 2.05) is 30.8 Å². The topological polar surface area (TPSA) is 67.2 Å². The molecule has 0 radical (unpaired) electrons. The van der Waals surface area contributed by atoms with Crippen LogP contribution in [0.1, 0.15) is 41.6 Å². The zero-order valence-corrected chi connectivity index (χ0v) is 13.2. The van der Waals surface area contributed by atoms with Gasteiger partial charge in [0.15, 0.2) is 0 Å². The molecule has 5 heteroatoms. The van der Waals surface area contributed by atoms with Gasteiger partial charge in [-0.3, -0.25) is 10.6 Å². The van der Waals surface area contributed by atoms with Gasteiger partial charge in [0.25, 0.3) is 5.91 Å². The molecule has 0 aliphatic carbocycles. The zero-order valence-electron chi connectivity index (χ0n) is 12.4. The second-order valence-electron chi connectivity index (χ2n) is 4.86. The number of benzene rings is 1. The summed E-state index contributed by atoms with van der Waals surface area (Å²) in [6.45, 7) is 2.69. The minimum absolute atomic E-state index is 0.0675. The molecule has 1 aromatic rings. The highest BCUT2D eigenvalue weighted by Crippen LogP contribution is 2.16. The van der Waals surface area contributed by atoms with Crippen LogP contribution < -0.4 is 16.6 Å². The van der Waals surface area contributed by atoms with Crippen molar-refractivity contribution in [1.82, 2.24) is 5.32 Å². The fourth-order valence-electron chi connectivity index (χ4n) is 2.00. The minimum atomic E-state index is -0.0675. The number of nitrogens with one attached hydrogen (secondary N) is 2. The van der Waals surface area contributed by atoms with Gasteiger partial charge in [0.1, 0.15) is 0 Å². The summed E-state index contributed by atoms with van der Waals surface area (Å²) in [5.74, 6) is 6.60. The van der Waals surface area contributed by atoms with Crippen molar-refractivity contribution in [3.8, 4) is 0 Å². The second-order valence-corrected chi connectivity index (χ2v) is 5.84. The predicted molar refractivity (Wildman–Crippen MR) is 88.2 cm³/mol. The lowest BCUT2D eigenvalue weighted by atomic mass is 10.1. The summed E-state index contributed by atoms with van der Waals surface area (Å²) >= 11 is 1.88. The van der Waals surface area contributed by atoms with Gasteiger partial charge in [-0.25, -0.2) is 0 Å². The van der Waals surface area contributed by atoms with E-state index in [1.54, 1.807) is 6.07 Å². The number of aryl methyl sites for hydroxylation is 1. The Labute approximate surface area is 125 Å². The molecule has 0 aliphatic heterocycles. The van der Waals surface area contributed by atoms with Crippen LogP contribution in [0.3, 0.4) is 0 Å². The van der Waals surface area contributed by atoms with E-state index in [0.717, 1.165) is 24.9 Å². The summed E-state index contributed by atoms with van der Waals surface area (Å²) in [4.78, 5) is 12.1. The summed E-state index contributed by atoms with van der Waals surface area (Å²) in [6, 6.07) is 5.59. The van der Waals surface area contributed by atoms with Crippen molar-refractivity contribution in [3.05, 3.63) is 29.3 Å². The van der Waals surface area contributed by atoms with Crippen LogP contribution in [0.2, 0.25) is 0 Å². The van der Waals surface area contributed by atoms with Gasteiger partial charge in [0.05, 0.1) is 11.3 Å². The lowest BCUT2D eigenvalue weighted by Crippen LogP contribution is -2.26. The van der Waals surface area contributed by atoms with E-state index in [2.05, 4.69) is 17.0 Å². The molecule has 0 aliphatic rings. The smallest absolute Gasteiger partial charge is 0.253 e. The molecule has 1 rings (SSSR count). The SMILES string of the molecule is CSCCCCCCNC(=O)c1ccc(C)cc1NN. The Hall–Kier alpha value is -1.20. The predicted octanol–water partition coefficient (Wildman–Crippen LogP) is 2.93. The molecule has 0 atom stereocenters. The molecular weight excluding hydrogens is 270 g/mol. The van der Waals surface area contributed by atoms with Crippen LogP contribution >= 0.6 is 11.8 Å². The Morgan fingerprint density at radius 2 is 2.00 bits per heavy atom. The van der Waals surface area contributed by atoms with E-state index < -0.39 is 0 Å². The van der Waals surface area contributed by atoms with Crippen molar-refractivity contribution >= 4 is 23.4 Å². The molecule has 1 aromatic carbocycles. The van der Waals surface area contributed by atoms with Crippen LogP contribution in [0.5, 0.6) is 0 Å². The Balaban J connectivity index is 2.32. The molecule has 0 saturated heterocycles. The Kier molecular flexibility index (Phi) is 8.14. The molecule has 4 N–H and O–H groups in total. The van der Waals surface area contributed by atoms with Crippen LogP contribution in [-0.4, -0.2) is 24.5 Å². The van der Waals surface area contributed by atoms with Gasteiger partial charge in [0, 0.05) is 6.54 Å². The van der Waals surface area contributed by atoms with Crippen LogP contribution in [0.4, 0.5) is 5.69 Å². The molecule has 0 heterocycles. The number of unbranched alkanes of at least 4 members (excludes halogenated alkanes) is 3. The van der Waals surface area contributed by atoms with Gasteiger partial charge in [-0.05, 0) is 49.5 Å². The normalized spacial score (nSPS) is 10.3. The average Bonchev–Trinajstić information content (AvgIpc) is 2.45. The number of hydrogen-bond donors (Lipinski definition) is 3. The highest BCUT2D eigenvalue weighted by atomic mass is 32.2. The zero-order chi connectivity index (χ0) is 14.8. The number of nitrogens with two attached hydrogens (primary N) is 1. The van der Waals surface area contributed by atoms with E-state index in [9.17, 15) is 4.79 Å². The molecule has 0 unspecified atom stereocenters. The molecule has 0 bridgehead atoms. The number of rotatable bonds is 9. The Morgan fingerprint density at radius 1 is 1.25 bits per heavy atom. The van der Waals surface area contributed by atoms with Crippen LogP contribution in [0, 0.1) is 6.92 Å². The minimum Gasteiger partial charge on any atom is -0.352 e. The van der Waals surface area contributed by atoms with Crippen LogP contribution in [0.25, 0.3) is 0 Å². The molecule has 0 aromatic heterocycles. The Bertz CT molecular complexity index is 424. The highest BCUT2D eigenvalue weighted by molar-refractivity contribution is 7.98. The van der Waals surface area contributed by atoms with E-state index in [4.69, 9.17) is 5.84 Å². The van der Waals surface area contributed by atoms with Gasteiger partial charge in [-0.2, -0.15) is 11.8 Å². The summed E-state index contributed by atoms with van der Waals surface area (Å²) in [6.07, 6.45) is 6.81. The molecular formula is C15H25N3OS. The lowest BCUT2D eigenvalue weighted by molar-refractivity contribution is 0.0953. The number of nitrogen functional groups attached to an aromatic ring is 1. The molecule has 4 nitrogen and oxygen atoms in total. The molecule has 1 amide bonds. The fourth-order valence-corrected chi connectivity index (χ4v) is 2.49. The molecule has 0 spiro atoms. The third kappa shape index (κ3) is 5.84. The number of carbonyl (C=O) groups excluding carboxylic acids is 1. The standard InChI is InChI=1S/C15H25N3OS/c1-12-7-8-13(14(11-12)18-16)15(19)17-9-5-3-4-6-10-20-2/h7-8,11,18H,3-6,9-10,16H2,1-2H3,(H,17,19). The van der Waals surface area contributed by atoms with Crippen LogP contribution in [-0.2, 0) is 0 Å². The van der Waals surface area contributed by atoms with Gasteiger partial charge in [-0.1, -0.05) is 18.9 Å². The van der Waals surface area contributed by atoms with Gasteiger partial charge < -0.3 is 10.7 Å². The Morgan fingerprint density at radius 3 is 2.70 bits per heavy atom. The first kappa shape index (κ1) is 16.9. The number of thioether (sulfide) groups is 1. The number of carbonyl (C=O) groups is 1. The van der Waals surface area contributed by atoms with Crippen molar-refractivity contribution in [3.63, 3.8) is 0 Å². The monoisotopic (exact) mass is 295 g/mol. The van der Waals surface area contributed by atoms with Crippen molar-refractivity contribution in [2.24, 2.45) is 5.84 Å². The van der Waals surface area contributed by atoms with E-state index in [0.29, 0.717) is 11.3 Å². The fraction of sp³-hybridized carbons (Fsp3) is 0.533. The van der Waals surface area contributed by atoms with Gasteiger partial charge in [0.2, 0.25) is 0 Å². The number of amides is 1. The third-order valence-electron chi connectivity index (χ3n) is 3.14. The number of hydrazine groups is 1. The molecule has 112 valence electrons. The summed E-state index contributed by atoms with van der Waals surface area (Å²) in [7, 11) is 0. The maximum Gasteiger partial charge on any atom is 0.253 e. The van der Waals surface area contributed by atoms with Crippen LogP contribution in [0.15, 0.2) is 18.2 Å². The largest absolute Gasteiger partial charge is 0.352 e. The first-order valence-electron chi connectivity index (χ1n) is 7.03.